The molecule has 1 aromatic carbocycles. The van der Waals surface area contributed by atoms with Crippen molar-refractivity contribution in [2.45, 2.75) is 52.8 Å². The lowest BCUT2D eigenvalue weighted by atomic mass is 10.0. The van der Waals surface area contributed by atoms with Gasteiger partial charge in [0, 0.05) is 40.1 Å². The number of nitrogens with zero attached hydrogens (tertiary/aromatic N) is 3. The fourth-order valence-corrected chi connectivity index (χ4v) is 4.50. The molecule has 0 aliphatic heterocycles. The zero-order valence-corrected chi connectivity index (χ0v) is 18.9. The van der Waals surface area contributed by atoms with Crippen molar-refractivity contribution in [3.8, 4) is 11.8 Å². The van der Waals surface area contributed by atoms with Crippen LogP contribution in [0.5, 0.6) is 0 Å². The van der Waals surface area contributed by atoms with Crippen molar-refractivity contribution in [2.75, 3.05) is 0 Å². The van der Waals surface area contributed by atoms with Gasteiger partial charge in [-0.25, -0.2) is 0 Å². The first-order valence-electron chi connectivity index (χ1n) is 10.7. The Balaban J connectivity index is 1.73. The number of aromatic nitrogens is 2. The predicted octanol–water partition coefficient (Wildman–Crippen LogP) is 6.66. The van der Waals surface area contributed by atoms with E-state index in [0.717, 1.165) is 41.9 Å². The maximum Gasteiger partial charge on any atom is 0.416 e. The number of alkyl halides is 3. The summed E-state index contributed by atoms with van der Waals surface area (Å²) in [5.74, 6) is -0.444. The van der Waals surface area contributed by atoms with Crippen LogP contribution in [0.3, 0.4) is 0 Å². The molecule has 4 nitrogen and oxygen atoms in total. The van der Waals surface area contributed by atoms with Crippen LogP contribution in [0.4, 0.5) is 13.2 Å². The van der Waals surface area contributed by atoms with Gasteiger partial charge in [0.2, 0.25) is 5.78 Å². The van der Waals surface area contributed by atoms with E-state index in [9.17, 15) is 23.2 Å². The fraction of sp³-hybridized carbons (Fsp3) is 0.308. The molecule has 170 valence electrons. The Morgan fingerprint density at radius 2 is 1.76 bits per heavy atom. The molecule has 0 saturated heterocycles. The van der Waals surface area contributed by atoms with E-state index in [4.69, 9.17) is 0 Å². The Hall–Kier alpha value is -3.53. The van der Waals surface area contributed by atoms with Crippen LogP contribution < -0.4 is 0 Å². The summed E-state index contributed by atoms with van der Waals surface area (Å²) in [6, 6.07) is 11.1. The molecular weight excluding hydrogens is 427 g/mol. The molecule has 1 saturated carbocycles. The molecule has 1 fully saturated rings. The normalized spacial score (nSPS) is 14.4. The molecule has 2 aromatic heterocycles. The molecule has 0 N–H and O–H groups in total. The number of allylic oxidation sites excluding steroid dienone is 1. The Bertz CT molecular complexity index is 1330. The summed E-state index contributed by atoms with van der Waals surface area (Å²) in [5.41, 5.74) is 3.89. The van der Waals surface area contributed by atoms with Crippen LogP contribution in [0.1, 0.15) is 63.1 Å². The van der Waals surface area contributed by atoms with Gasteiger partial charge < -0.3 is 9.13 Å². The highest BCUT2D eigenvalue weighted by molar-refractivity contribution is 6.15. The zero-order valence-electron chi connectivity index (χ0n) is 18.9. The third kappa shape index (κ3) is 4.13. The van der Waals surface area contributed by atoms with Crippen LogP contribution in [0.25, 0.3) is 11.8 Å². The number of aryl methyl sites for hydroxylation is 2. The van der Waals surface area contributed by atoms with Crippen molar-refractivity contribution in [1.82, 2.24) is 9.13 Å². The van der Waals surface area contributed by atoms with E-state index in [1.165, 1.54) is 6.07 Å². The van der Waals surface area contributed by atoms with E-state index in [2.05, 4.69) is 4.57 Å². The number of nitriles is 1. The lowest BCUT2D eigenvalue weighted by Gasteiger charge is -2.13. The molecule has 0 unspecified atom stereocenters. The number of benzene rings is 1. The minimum Gasteiger partial charge on any atom is -0.346 e. The van der Waals surface area contributed by atoms with Gasteiger partial charge in [-0.2, -0.15) is 18.4 Å². The van der Waals surface area contributed by atoms with Crippen molar-refractivity contribution < 1.29 is 18.0 Å². The lowest BCUT2D eigenvalue weighted by molar-refractivity contribution is -0.137. The summed E-state index contributed by atoms with van der Waals surface area (Å²) in [4.78, 5) is 13.3. The molecule has 0 bridgehead atoms. The van der Waals surface area contributed by atoms with Crippen LogP contribution in [0.15, 0.2) is 42.0 Å². The van der Waals surface area contributed by atoms with Gasteiger partial charge in [-0.3, -0.25) is 4.79 Å². The molecule has 7 heteroatoms. The molecule has 0 amide bonds. The van der Waals surface area contributed by atoms with Crippen molar-refractivity contribution in [3.05, 3.63) is 81.4 Å². The summed E-state index contributed by atoms with van der Waals surface area (Å²) in [7, 11) is 0. The maximum atomic E-state index is 13.3. The number of hydrogen-bond donors (Lipinski definition) is 0. The second kappa shape index (κ2) is 8.11. The molecule has 4 rings (SSSR count). The zero-order chi connectivity index (χ0) is 24.1. The third-order valence-electron chi connectivity index (χ3n) is 6.21. The largest absolute Gasteiger partial charge is 0.416 e. The van der Waals surface area contributed by atoms with E-state index < -0.39 is 17.5 Å². The van der Waals surface area contributed by atoms with Crippen LogP contribution in [-0.4, -0.2) is 14.9 Å². The molecule has 1 aliphatic carbocycles. The number of carbonyl (C=O) groups is 1. The van der Waals surface area contributed by atoms with Gasteiger partial charge in [-0.1, -0.05) is 6.07 Å². The molecular formula is C26H24F3N3O. The van der Waals surface area contributed by atoms with Gasteiger partial charge in [0.25, 0.3) is 0 Å². The predicted molar refractivity (Wildman–Crippen MR) is 120 cm³/mol. The van der Waals surface area contributed by atoms with Crippen LogP contribution in [-0.2, 0) is 6.18 Å². The van der Waals surface area contributed by atoms with E-state index in [0.29, 0.717) is 28.7 Å². The minimum atomic E-state index is -4.47. The smallest absolute Gasteiger partial charge is 0.346 e. The second-order valence-electron chi connectivity index (χ2n) is 8.59. The lowest BCUT2D eigenvalue weighted by Crippen LogP contribution is -2.08. The molecule has 0 radical (unpaired) electrons. The fourth-order valence-electron chi connectivity index (χ4n) is 4.50. The molecule has 0 atom stereocenters. The van der Waals surface area contributed by atoms with E-state index in [1.807, 2.05) is 26.0 Å². The number of hydrogen-bond acceptors (Lipinski definition) is 2. The first-order valence-corrected chi connectivity index (χ1v) is 10.7. The number of ketones is 1. The van der Waals surface area contributed by atoms with Crippen molar-refractivity contribution in [1.29, 1.82) is 5.26 Å². The standard InChI is InChI=1S/C26H24F3N3O/c1-15-10-19(17(3)31(15)22-8-9-22)12-20(14-30)25(33)24-11-16(2)32(18(24)4)23-7-5-6-21(13-23)26(27,28)29/h5-7,10-13,22H,8-9H2,1-4H3/b20-12+. The Labute approximate surface area is 190 Å². The van der Waals surface area contributed by atoms with E-state index in [-0.39, 0.29) is 5.57 Å². The first-order chi connectivity index (χ1) is 15.5. The summed E-state index contributed by atoms with van der Waals surface area (Å²) in [5, 5.41) is 9.74. The average molecular weight is 451 g/mol. The van der Waals surface area contributed by atoms with Gasteiger partial charge in [-0.05, 0) is 82.5 Å². The Morgan fingerprint density at radius 3 is 2.36 bits per heavy atom. The monoisotopic (exact) mass is 451 g/mol. The molecule has 1 aliphatic rings. The van der Waals surface area contributed by atoms with Crippen LogP contribution in [0, 0.1) is 39.0 Å². The summed E-state index contributed by atoms with van der Waals surface area (Å²) < 4.78 is 43.4. The van der Waals surface area contributed by atoms with Gasteiger partial charge in [-0.15, -0.1) is 0 Å². The van der Waals surface area contributed by atoms with Gasteiger partial charge in [0.15, 0.2) is 0 Å². The number of Topliss-reactive ketones (excluding diaryl/α,β-unsaturated/α-hetero) is 1. The molecule has 2 heterocycles. The first kappa shape index (κ1) is 22.7. The Morgan fingerprint density at radius 1 is 1.06 bits per heavy atom. The quantitative estimate of drug-likeness (QED) is 0.248. The van der Waals surface area contributed by atoms with E-state index in [1.54, 1.807) is 36.6 Å². The SMILES string of the molecule is Cc1cc(C(=O)/C(C#N)=C/c2cc(C)n(C3CC3)c2C)c(C)n1-c1cccc(C(F)(F)F)c1. The van der Waals surface area contributed by atoms with Gasteiger partial charge in [0.1, 0.15) is 11.6 Å². The van der Waals surface area contributed by atoms with Gasteiger partial charge in [0.05, 0.1) is 5.56 Å². The van der Waals surface area contributed by atoms with Crippen molar-refractivity contribution in [2.24, 2.45) is 0 Å². The molecule has 33 heavy (non-hydrogen) atoms. The van der Waals surface area contributed by atoms with Gasteiger partial charge >= 0.3 is 6.18 Å². The highest BCUT2D eigenvalue weighted by atomic mass is 19.4. The molecule has 3 aromatic rings. The van der Waals surface area contributed by atoms with Crippen LogP contribution >= 0.6 is 0 Å². The number of rotatable bonds is 5. The minimum absolute atomic E-state index is 0.00432. The topological polar surface area (TPSA) is 50.7 Å². The summed E-state index contributed by atoms with van der Waals surface area (Å²) in [6.45, 7) is 7.40. The van der Waals surface area contributed by atoms with Crippen molar-refractivity contribution >= 4 is 11.9 Å². The van der Waals surface area contributed by atoms with E-state index >= 15 is 0 Å². The summed E-state index contributed by atoms with van der Waals surface area (Å²) in [6.07, 6.45) is -0.594. The maximum absolute atomic E-state index is 13.3. The highest BCUT2D eigenvalue weighted by Crippen LogP contribution is 2.39. The molecule has 0 spiro atoms. The average Bonchev–Trinajstić information content (AvgIpc) is 3.48. The number of halogens is 3. The Kier molecular flexibility index (Phi) is 5.57. The van der Waals surface area contributed by atoms with Crippen LogP contribution in [0.2, 0.25) is 0 Å². The third-order valence-corrected chi connectivity index (χ3v) is 6.21. The second-order valence-corrected chi connectivity index (χ2v) is 8.59. The highest BCUT2D eigenvalue weighted by Gasteiger charge is 2.31. The number of carbonyl (C=O) groups excluding carboxylic acids is 1. The van der Waals surface area contributed by atoms with Crippen molar-refractivity contribution in [3.63, 3.8) is 0 Å². The summed E-state index contributed by atoms with van der Waals surface area (Å²) >= 11 is 0.